The molecule has 0 spiro atoms. The highest BCUT2D eigenvalue weighted by molar-refractivity contribution is 6.30. The van der Waals surface area contributed by atoms with E-state index in [0.29, 0.717) is 27.4 Å². The van der Waals surface area contributed by atoms with Crippen molar-refractivity contribution in [2.24, 2.45) is 11.5 Å². The number of hydrogen-bond donors (Lipinski definition) is 5. The third-order valence-electron chi connectivity index (χ3n) is 2.69. The zero-order valence-electron chi connectivity index (χ0n) is 9.94. The van der Waals surface area contributed by atoms with E-state index in [1.54, 1.807) is 30.6 Å². The highest BCUT2D eigenvalue weighted by atomic mass is 35.5. The van der Waals surface area contributed by atoms with E-state index in [1.807, 2.05) is 0 Å². The quantitative estimate of drug-likeness (QED) is 0.418. The second kappa shape index (κ2) is 5.07. The van der Waals surface area contributed by atoms with Crippen LogP contribution in [0, 0.1) is 5.41 Å². The molecule has 1 aliphatic rings. The van der Waals surface area contributed by atoms with Crippen molar-refractivity contribution < 1.29 is 5.11 Å². The average molecular weight is 277 g/mol. The smallest absolute Gasteiger partial charge is 0.126 e. The van der Waals surface area contributed by atoms with Crippen molar-refractivity contribution in [3.8, 4) is 5.75 Å². The predicted octanol–water partition coefficient (Wildman–Crippen LogP) is 1.65. The highest BCUT2D eigenvalue weighted by Crippen LogP contribution is 2.30. The van der Waals surface area contributed by atoms with E-state index in [9.17, 15) is 5.11 Å². The lowest BCUT2D eigenvalue weighted by Crippen LogP contribution is -2.20. The molecule has 0 fully saturated rings. The number of benzene rings is 1. The molecule has 0 unspecified atom stereocenters. The summed E-state index contributed by atoms with van der Waals surface area (Å²) >= 11 is 5.78. The van der Waals surface area contributed by atoms with E-state index in [-0.39, 0.29) is 11.6 Å². The molecule has 6 heteroatoms. The zero-order valence-corrected chi connectivity index (χ0v) is 10.7. The first-order valence-corrected chi connectivity index (χ1v) is 5.84. The number of allylic oxidation sites excluding steroid dienone is 1. The zero-order chi connectivity index (χ0) is 14.0. The summed E-state index contributed by atoms with van der Waals surface area (Å²) in [6, 6.07) is 4.66. The Morgan fingerprint density at radius 3 is 2.68 bits per heavy atom. The summed E-state index contributed by atoms with van der Waals surface area (Å²) < 4.78 is 0. The third kappa shape index (κ3) is 2.56. The Hall–Kier alpha value is -2.40. The summed E-state index contributed by atoms with van der Waals surface area (Å²) in [6.07, 6.45) is 4.94. The van der Waals surface area contributed by atoms with Gasteiger partial charge in [0.1, 0.15) is 11.6 Å². The minimum atomic E-state index is -0.108. The minimum Gasteiger partial charge on any atom is -0.507 e. The molecule has 0 atom stereocenters. The van der Waals surface area contributed by atoms with Crippen LogP contribution in [-0.2, 0) is 0 Å². The fourth-order valence-corrected chi connectivity index (χ4v) is 1.93. The molecule has 19 heavy (non-hydrogen) atoms. The van der Waals surface area contributed by atoms with Crippen molar-refractivity contribution >= 4 is 23.1 Å². The molecule has 0 radical (unpaired) electrons. The lowest BCUT2D eigenvalue weighted by molar-refractivity contribution is 0.473. The van der Waals surface area contributed by atoms with Gasteiger partial charge in [0.05, 0.1) is 5.70 Å². The van der Waals surface area contributed by atoms with E-state index < -0.39 is 0 Å². The van der Waals surface area contributed by atoms with Crippen LogP contribution in [0.1, 0.15) is 5.56 Å². The van der Waals surface area contributed by atoms with Crippen LogP contribution < -0.4 is 16.8 Å². The van der Waals surface area contributed by atoms with E-state index in [0.717, 1.165) is 0 Å². The molecule has 1 heterocycles. The van der Waals surface area contributed by atoms with Gasteiger partial charge in [-0.3, -0.25) is 5.41 Å². The standard InChI is InChI=1S/C13H13ClN4O/c14-7-1-2-9(11(19)5-7)12(15)8-3-4-18-6-10(8)13(16)17/h1-6,18-19H,15H2,(H3,16,17)/b12-8-. The number of phenolic OH excluding ortho intramolecular Hbond substituents is 1. The minimum absolute atomic E-state index is 0.0210. The molecule has 0 bridgehead atoms. The van der Waals surface area contributed by atoms with Gasteiger partial charge in [0.25, 0.3) is 0 Å². The first kappa shape index (κ1) is 13.0. The summed E-state index contributed by atoms with van der Waals surface area (Å²) in [5, 5.41) is 20.7. The molecule has 0 saturated carbocycles. The Morgan fingerprint density at radius 1 is 1.32 bits per heavy atom. The predicted molar refractivity (Wildman–Crippen MR) is 76.5 cm³/mol. The maximum atomic E-state index is 9.87. The Kier molecular flexibility index (Phi) is 3.48. The van der Waals surface area contributed by atoms with Gasteiger partial charge in [0.15, 0.2) is 0 Å². The summed E-state index contributed by atoms with van der Waals surface area (Å²) in [7, 11) is 0. The molecular weight excluding hydrogens is 264 g/mol. The Balaban J connectivity index is 2.56. The SMILES string of the molecule is N=C(N)C1=CNC=C/C1=C(/N)c1ccc(Cl)cc1O. The maximum Gasteiger partial charge on any atom is 0.126 e. The molecular formula is C13H13ClN4O. The van der Waals surface area contributed by atoms with Crippen LogP contribution >= 0.6 is 11.6 Å². The molecule has 0 amide bonds. The van der Waals surface area contributed by atoms with Gasteiger partial charge in [-0.05, 0) is 24.3 Å². The fourth-order valence-electron chi connectivity index (χ4n) is 1.77. The molecule has 1 aromatic carbocycles. The molecule has 0 aromatic heterocycles. The van der Waals surface area contributed by atoms with E-state index in [1.165, 1.54) is 6.07 Å². The van der Waals surface area contributed by atoms with Crippen molar-refractivity contribution in [1.82, 2.24) is 5.32 Å². The van der Waals surface area contributed by atoms with Gasteiger partial charge in [0, 0.05) is 34.1 Å². The topological polar surface area (TPSA) is 108 Å². The number of hydrogen-bond acceptors (Lipinski definition) is 4. The van der Waals surface area contributed by atoms with Crippen LogP contribution in [0.25, 0.3) is 5.70 Å². The number of halogens is 1. The van der Waals surface area contributed by atoms with Crippen molar-refractivity contribution in [2.75, 3.05) is 0 Å². The van der Waals surface area contributed by atoms with Crippen LogP contribution in [0.5, 0.6) is 5.75 Å². The van der Waals surface area contributed by atoms with Crippen LogP contribution in [0.4, 0.5) is 0 Å². The number of aromatic hydroxyl groups is 1. The first-order chi connectivity index (χ1) is 9.00. The number of rotatable bonds is 2. The van der Waals surface area contributed by atoms with Crippen molar-refractivity contribution in [3.05, 3.63) is 58.4 Å². The van der Waals surface area contributed by atoms with Crippen LogP contribution in [0.2, 0.25) is 5.02 Å². The van der Waals surface area contributed by atoms with Gasteiger partial charge >= 0.3 is 0 Å². The van der Waals surface area contributed by atoms with Gasteiger partial charge in [-0.2, -0.15) is 0 Å². The highest BCUT2D eigenvalue weighted by Gasteiger charge is 2.15. The van der Waals surface area contributed by atoms with E-state index in [2.05, 4.69) is 5.32 Å². The number of phenols is 1. The first-order valence-electron chi connectivity index (χ1n) is 5.47. The van der Waals surface area contributed by atoms with Crippen LogP contribution in [0.3, 0.4) is 0 Å². The van der Waals surface area contributed by atoms with Crippen LogP contribution in [-0.4, -0.2) is 10.9 Å². The molecule has 1 aliphatic heterocycles. The Labute approximate surface area is 115 Å². The second-order valence-corrected chi connectivity index (χ2v) is 4.40. The maximum absolute atomic E-state index is 9.87. The van der Waals surface area contributed by atoms with Gasteiger partial charge in [-0.15, -0.1) is 0 Å². The number of amidine groups is 1. The Morgan fingerprint density at radius 2 is 2.05 bits per heavy atom. The van der Waals surface area contributed by atoms with Gasteiger partial charge < -0.3 is 21.9 Å². The molecule has 0 aliphatic carbocycles. The summed E-state index contributed by atoms with van der Waals surface area (Å²) in [5.74, 6) is -0.129. The van der Waals surface area contributed by atoms with Gasteiger partial charge in [0.2, 0.25) is 0 Å². The summed E-state index contributed by atoms with van der Waals surface area (Å²) in [6.45, 7) is 0. The lowest BCUT2D eigenvalue weighted by Gasteiger charge is -2.16. The summed E-state index contributed by atoms with van der Waals surface area (Å²) in [5.41, 5.74) is 13.4. The molecule has 0 saturated heterocycles. The normalized spacial score (nSPS) is 16.6. The summed E-state index contributed by atoms with van der Waals surface area (Å²) in [4.78, 5) is 0. The Bertz CT molecular complexity index is 632. The molecule has 5 nitrogen and oxygen atoms in total. The molecule has 2 rings (SSSR count). The van der Waals surface area contributed by atoms with Crippen molar-refractivity contribution in [3.63, 3.8) is 0 Å². The second-order valence-electron chi connectivity index (χ2n) is 3.96. The third-order valence-corrected chi connectivity index (χ3v) is 2.93. The van der Waals surface area contributed by atoms with Gasteiger partial charge in [-0.1, -0.05) is 11.6 Å². The van der Waals surface area contributed by atoms with Crippen molar-refractivity contribution in [2.45, 2.75) is 0 Å². The van der Waals surface area contributed by atoms with Crippen molar-refractivity contribution in [1.29, 1.82) is 5.41 Å². The average Bonchev–Trinajstić information content (AvgIpc) is 2.38. The number of nitrogens with two attached hydrogens (primary N) is 2. The largest absolute Gasteiger partial charge is 0.507 e. The number of nitrogens with one attached hydrogen (secondary N) is 2. The fraction of sp³-hybridized carbons (Fsp3) is 0. The van der Waals surface area contributed by atoms with Crippen LogP contribution in [0.15, 0.2) is 47.8 Å². The van der Waals surface area contributed by atoms with Gasteiger partial charge in [-0.25, -0.2) is 0 Å². The molecule has 7 N–H and O–H groups in total. The number of dihydropyridines is 1. The molecule has 98 valence electrons. The van der Waals surface area contributed by atoms with E-state index >= 15 is 0 Å². The van der Waals surface area contributed by atoms with E-state index in [4.69, 9.17) is 28.5 Å². The lowest BCUT2D eigenvalue weighted by atomic mass is 9.98. The molecule has 1 aromatic rings. The monoisotopic (exact) mass is 276 g/mol.